The summed E-state index contributed by atoms with van der Waals surface area (Å²) in [4.78, 5) is 25.3. The Morgan fingerprint density at radius 3 is 2.70 bits per heavy atom. The lowest BCUT2D eigenvalue weighted by atomic mass is 10.1. The molecular weight excluding hydrogens is 256 g/mol. The van der Waals surface area contributed by atoms with Crippen molar-refractivity contribution in [2.45, 2.75) is 46.1 Å². The van der Waals surface area contributed by atoms with Crippen molar-refractivity contribution in [1.29, 1.82) is 0 Å². The lowest BCUT2D eigenvalue weighted by Gasteiger charge is -2.12. The van der Waals surface area contributed by atoms with E-state index in [0.717, 1.165) is 12.8 Å². The molecule has 0 aliphatic rings. The lowest BCUT2D eigenvalue weighted by molar-refractivity contribution is 0.380. The van der Waals surface area contributed by atoms with E-state index < -0.39 is 0 Å². The van der Waals surface area contributed by atoms with Crippen molar-refractivity contribution < 1.29 is 4.74 Å². The van der Waals surface area contributed by atoms with Crippen LogP contribution in [0.25, 0.3) is 11.2 Å². The summed E-state index contributed by atoms with van der Waals surface area (Å²) in [5.41, 5.74) is 1.66. The Balaban J connectivity index is 2.72. The molecule has 6 nitrogen and oxygen atoms in total. The number of fused-ring (bicyclic) bond motifs is 1. The SMILES string of the molecule is CCCCn1c(=O)c(C(C)C)nc2cnc(OC)nc21. The number of nitrogens with zero attached hydrogens (tertiary/aromatic N) is 4. The third kappa shape index (κ3) is 2.64. The van der Waals surface area contributed by atoms with Gasteiger partial charge < -0.3 is 4.74 Å². The number of rotatable bonds is 5. The third-order valence-corrected chi connectivity index (χ3v) is 3.15. The quantitative estimate of drug-likeness (QED) is 0.836. The lowest BCUT2D eigenvalue weighted by Crippen LogP contribution is -2.27. The standard InChI is InChI=1S/C14H20N4O2/c1-5-6-7-18-12-10(8-15-14(17-12)20-4)16-11(9(2)3)13(18)19/h8-9H,5-7H2,1-4H3. The van der Waals surface area contributed by atoms with Gasteiger partial charge >= 0.3 is 6.01 Å². The zero-order valence-electron chi connectivity index (χ0n) is 12.4. The molecule has 2 rings (SSSR count). The van der Waals surface area contributed by atoms with Crippen LogP contribution in [-0.2, 0) is 6.54 Å². The number of aromatic nitrogens is 4. The van der Waals surface area contributed by atoms with Gasteiger partial charge in [0.15, 0.2) is 5.65 Å². The third-order valence-electron chi connectivity index (χ3n) is 3.15. The minimum atomic E-state index is -0.0679. The maximum absolute atomic E-state index is 12.5. The average Bonchev–Trinajstić information content (AvgIpc) is 2.45. The number of ether oxygens (including phenoxy) is 1. The highest BCUT2D eigenvalue weighted by molar-refractivity contribution is 5.69. The molecule has 0 fully saturated rings. The Bertz CT molecular complexity index is 664. The van der Waals surface area contributed by atoms with Gasteiger partial charge in [-0.15, -0.1) is 0 Å². The minimum Gasteiger partial charge on any atom is -0.467 e. The molecule has 2 aromatic heterocycles. The summed E-state index contributed by atoms with van der Waals surface area (Å²) < 4.78 is 6.72. The fraction of sp³-hybridized carbons (Fsp3) is 0.571. The zero-order chi connectivity index (χ0) is 14.7. The van der Waals surface area contributed by atoms with Crippen molar-refractivity contribution >= 4 is 11.2 Å². The van der Waals surface area contributed by atoms with Crippen LogP contribution in [0.1, 0.15) is 45.2 Å². The second-order valence-corrected chi connectivity index (χ2v) is 5.03. The van der Waals surface area contributed by atoms with Crippen LogP contribution in [0.2, 0.25) is 0 Å². The van der Waals surface area contributed by atoms with Gasteiger partial charge in [-0.2, -0.15) is 4.98 Å². The second-order valence-electron chi connectivity index (χ2n) is 5.03. The summed E-state index contributed by atoms with van der Waals surface area (Å²) in [6, 6.07) is 0.251. The molecule has 2 heterocycles. The summed E-state index contributed by atoms with van der Waals surface area (Å²) >= 11 is 0. The molecule has 0 N–H and O–H groups in total. The molecule has 2 aromatic rings. The summed E-state index contributed by atoms with van der Waals surface area (Å²) in [6.07, 6.45) is 3.54. The van der Waals surface area contributed by atoms with E-state index in [1.54, 1.807) is 10.8 Å². The largest absolute Gasteiger partial charge is 0.467 e. The summed E-state index contributed by atoms with van der Waals surface area (Å²) in [5.74, 6) is 0.0712. The number of methoxy groups -OCH3 is 1. The molecule has 0 aliphatic carbocycles. The molecule has 0 spiro atoms. The van der Waals surface area contributed by atoms with Crippen LogP contribution in [-0.4, -0.2) is 26.6 Å². The van der Waals surface area contributed by atoms with E-state index in [2.05, 4.69) is 21.9 Å². The Hall–Kier alpha value is -1.98. The van der Waals surface area contributed by atoms with Gasteiger partial charge in [-0.05, 0) is 6.42 Å². The van der Waals surface area contributed by atoms with E-state index >= 15 is 0 Å². The molecule has 20 heavy (non-hydrogen) atoms. The van der Waals surface area contributed by atoms with Crippen LogP contribution in [0.5, 0.6) is 6.01 Å². The molecule has 6 heteroatoms. The van der Waals surface area contributed by atoms with Crippen molar-refractivity contribution in [2.24, 2.45) is 0 Å². The number of hydrogen-bond donors (Lipinski definition) is 0. The zero-order valence-corrected chi connectivity index (χ0v) is 12.4. The molecule has 0 saturated heterocycles. The molecule has 0 bridgehead atoms. The molecule has 108 valence electrons. The van der Waals surface area contributed by atoms with Crippen molar-refractivity contribution in [1.82, 2.24) is 19.5 Å². The first kappa shape index (κ1) is 14.4. The van der Waals surface area contributed by atoms with Crippen molar-refractivity contribution in [3.05, 3.63) is 22.2 Å². The molecule has 0 radical (unpaired) electrons. The minimum absolute atomic E-state index is 0.0679. The van der Waals surface area contributed by atoms with Gasteiger partial charge in [-0.1, -0.05) is 27.2 Å². The number of aryl methyl sites for hydroxylation is 1. The van der Waals surface area contributed by atoms with Gasteiger partial charge in [0, 0.05) is 12.5 Å². The van der Waals surface area contributed by atoms with Crippen molar-refractivity contribution in [3.8, 4) is 6.01 Å². The summed E-state index contributed by atoms with van der Waals surface area (Å²) in [6.45, 7) is 6.65. The first-order valence-corrected chi connectivity index (χ1v) is 6.90. The Morgan fingerprint density at radius 2 is 2.10 bits per heavy atom. The van der Waals surface area contributed by atoms with Crippen molar-refractivity contribution in [3.63, 3.8) is 0 Å². The maximum Gasteiger partial charge on any atom is 0.318 e. The van der Waals surface area contributed by atoms with Crippen LogP contribution in [0.15, 0.2) is 11.0 Å². The highest BCUT2D eigenvalue weighted by Gasteiger charge is 2.15. The van der Waals surface area contributed by atoms with E-state index in [1.807, 2.05) is 13.8 Å². The van der Waals surface area contributed by atoms with Crippen molar-refractivity contribution in [2.75, 3.05) is 7.11 Å². The monoisotopic (exact) mass is 276 g/mol. The summed E-state index contributed by atoms with van der Waals surface area (Å²) in [7, 11) is 1.51. The Morgan fingerprint density at radius 1 is 1.35 bits per heavy atom. The smallest absolute Gasteiger partial charge is 0.318 e. The fourth-order valence-electron chi connectivity index (χ4n) is 2.04. The molecule has 0 unspecified atom stereocenters. The molecule has 0 amide bonds. The van der Waals surface area contributed by atoms with E-state index in [9.17, 15) is 4.79 Å². The molecule has 0 aromatic carbocycles. The van der Waals surface area contributed by atoms with Crippen LogP contribution >= 0.6 is 0 Å². The van der Waals surface area contributed by atoms with Crippen LogP contribution in [0.4, 0.5) is 0 Å². The van der Waals surface area contributed by atoms with E-state index in [1.165, 1.54) is 7.11 Å². The molecular formula is C14H20N4O2. The normalized spacial score (nSPS) is 11.2. The van der Waals surface area contributed by atoms with Gasteiger partial charge in [0.2, 0.25) is 0 Å². The van der Waals surface area contributed by atoms with E-state index in [0.29, 0.717) is 23.4 Å². The molecule has 0 atom stereocenters. The number of unbranched alkanes of at least 4 members (excludes halogenated alkanes) is 1. The van der Waals surface area contributed by atoms with E-state index in [4.69, 9.17) is 4.74 Å². The summed E-state index contributed by atoms with van der Waals surface area (Å²) in [5, 5.41) is 0. The average molecular weight is 276 g/mol. The van der Waals surface area contributed by atoms with Crippen LogP contribution < -0.4 is 10.3 Å². The fourth-order valence-corrected chi connectivity index (χ4v) is 2.04. The first-order chi connectivity index (χ1) is 9.58. The van der Waals surface area contributed by atoms with E-state index in [-0.39, 0.29) is 17.5 Å². The second kappa shape index (κ2) is 5.98. The van der Waals surface area contributed by atoms with Crippen LogP contribution in [0.3, 0.4) is 0 Å². The molecule has 0 saturated carbocycles. The van der Waals surface area contributed by atoms with Gasteiger partial charge in [-0.3, -0.25) is 9.36 Å². The predicted octanol–water partition coefficient (Wildman–Crippen LogP) is 2.12. The van der Waals surface area contributed by atoms with Gasteiger partial charge in [0.25, 0.3) is 5.56 Å². The number of hydrogen-bond acceptors (Lipinski definition) is 5. The van der Waals surface area contributed by atoms with Crippen LogP contribution in [0, 0.1) is 0 Å². The highest BCUT2D eigenvalue weighted by Crippen LogP contribution is 2.15. The maximum atomic E-state index is 12.5. The first-order valence-electron chi connectivity index (χ1n) is 6.90. The molecule has 0 aliphatic heterocycles. The topological polar surface area (TPSA) is 69.9 Å². The Kier molecular flexibility index (Phi) is 4.32. The predicted molar refractivity (Wildman–Crippen MR) is 77.1 cm³/mol. The van der Waals surface area contributed by atoms with Gasteiger partial charge in [0.05, 0.1) is 13.3 Å². The Labute approximate surface area is 117 Å². The highest BCUT2D eigenvalue weighted by atomic mass is 16.5. The van der Waals surface area contributed by atoms with Gasteiger partial charge in [-0.25, -0.2) is 9.97 Å². The van der Waals surface area contributed by atoms with Gasteiger partial charge in [0.1, 0.15) is 11.2 Å².